The fraction of sp³-hybridized carbons (Fsp3) is 0.400. The van der Waals surface area contributed by atoms with Crippen LogP contribution in [0, 0.1) is 0 Å². The summed E-state index contributed by atoms with van der Waals surface area (Å²) in [5.41, 5.74) is 0.615. The Labute approximate surface area is 138 Å². The van der Waals surface area contributed by atoms with Crippen LogP contribution in [0.3, 0.4) is 0 Å². The van der Waals surface area contributed by atoms with Gasteiger partial charge in [-0.25, -0.2) is 4.68 Å². The minimum Gasteiger partial charge on any atom is -0.497 e. The lowest BCUT2D eigenvalue weighted by atomic mass is 10.1. The Bertz CT molecular complexity index is 693. The maximum absolute atomic E-state index is 12.5. The fourth-order valence-electron chi connectivity index (χ4n) is 2.57. The number of ether oxygens (including phenoxy) is 1. The molecule has 1 fully saturated rings. The maximum Gasteiger partial charge on any atom is 0.253 e. The molecule has 24 heavy (non-hydrogen) atoms. The summed E-state index contributed by atoms with van der Waals surface area (Å²) in [7, 11) is 1.59. The molecule has 9 heteroatoms. The van der Waals surface area contributed by atoms with Gasteiger partial charge in [0.25, 0.3) is 5.91 Å². The van der Waals surface area contributed by atoms with E-state index in [1.165, 1.54) is 11.0 Å². The largest absolute Gasteiger partial charge is 0.497 e. The Hall–Kier alpha value is -2.97. The third kappa shape index (κ3) is 3.50. The molecule has 2 amide bonds. The first kappa shape index (κ1) is 15.9. The second kappa shape index (κ2) is 7.07. The van der Waals surface area contributed by atoms with Crippen LogP contribution in [0.4, 0.5) is 0 Å². The Kier molecular flexibility index (Phi) is 4.69. The summed E-state index contributed by atoms with van der Waals surface area (Å²) in [4.78, 5) is 28.1. The predicted molar refractivity (Wildman–Crippen MR) is 83.3 cm³/mol. The molecule has 0 saturated carbocycles. The highest BCUT2D eigenvalue weighted by molar-refractivity contribution is 5.94. The number of carbonyl (C=O) groups is 2. The van der Waals surface area contributed by atoms with Gasteiger partial charge in [-0.05, 0) is 34.7 Å². The number of hydrogen-bond donors (Lipinski definition) is 0. The summed E-state index contributed by atoms with van der Waals surface area (Å²) in [6.45, 7) is 2.13. The Balaban J connectivity index is 1.54. The van der Waals surface area contributed by atoms with Gasteiger partial charge in [0, 0.05) is 31.7 Å². The number of piperazine rings is 1. The van der Waals surface area contributed by atoms with Crippen molar-refractivity contribution in [1.82, 2.24) is 30.0 Å². The van der Waals surface area contributed by atoms with Crippen LogP contribution < -0.4 is 4.74 Å². The summed E-state index contributed by atoms with van der Waals surface area (Å²) >= 11 is 0. The summed E-state index contributed by atoms with van der Waals surface area (Å²) in [5.74, 6) is 0.619. The van der Waals surface area contributed by atoms with E-state index >= 15 is 0 Å². The van der Waals surface area contributed by atoms with Gasteiger partial charge in [-0.15, -0.1) is 5.10 Å². The summed E-state index contributed by atoms with van der Waals surface area (Å²) in [6, 6.07) is 7.02. The normalized spacial score (nSPS) is 14.5. The van der Waals surface area contributed by atoms with Crippen molar-refractivity contribution in [2.75, 3.05) is 33.3 Å². The molecule has 1 aliphatic rings. The average Bonchev–Trinajstić information content (AvgIpc) is 3.14. The maximum atomic E-state index is 12.5. The minimum absolute atomic E-state index is 0.0368. The van der Waals surface area contributed by atoms with Crippen molar-refractivity contribution in [3.63, 3.8) is 0 Å². The van der Waals surface area contributed by atoms with Gasteiger partial charge >= 0.3 is 0 Å². The topological polar surface area (TPSA) is 93.5 Å². The first-order valence-electron chi connectivity index (χ1n) is 7.59. The zero-order chi connectivity index (χ0) is 16.9. The van der Waals surface area contributed by atoms with E-state index in [1.807, 2.05) is 0 Å². The van der Waals surface area contributed by atoms with Crippen LogP contribution in [0.25, 0.3) is 0 Å². The summed E-state index contributed by atoms with van der Waals surface area (Å²) in [6.07, 6.45) is 1.40. The van der Waals surface area contributed by atoms with Gasteiger partial charge in [-0.3, -0.25) is 9.59 Å². The highest BCUT2D eigenvalue weighted by atomic mass is 16.5. The molecule has 3 rings (SSSR count). The Morgan fingerprint density at radius 3 is 2.33 bits per heavy atom. The molecule has 1 aromatic carbocycles. The Morgan fingerprint density at radius 2 is 1.75 bits per heavy atom. The molecule has 2 heterocycles. The number of rotatable bonds is 4. The highest BCUT2D eigenvalue weighted by Gasteiger charge is 2.25. The smallest absolute Gasteiger partial charge is 0.253 e. The van der Waals surface area contributed by atoms with E-state index in [2.05, 4.69) is 15.5 Å². The number of nitrogens with zero attached hydrogens (tertiary/aromatic N) is 6. The highest BCUT2D eigenvalue weighted by Crippen LogP contribution is 2.14. The van der Waals surface area contributed by atoms with Gasteiger partial charge in [-0.1, -0.05) is 0 Å². The van der Waals surface area contributed by atoms with E-state index in [9.17, 15) is 9.59 Å². The van der Waals surface area contributed by atoms with Gasteiger partial charge < -0.3 is 14.5 Å². The summed E-state index contributed by atoms with van der Waals surface area (Å²) in [5, 5.41) is 10.7. The van der Waals surface area contributed by atoms with Crippen molar-refractivity contribution in [3.8, 4) is 5.75 Å². The van der Waals surface area contributed by atoms with Crippen LogP contribution in [-0.2, 0) is 11.3 Å². The molecule has 1 aromatic heterocycles. The van der Waals surface area contributed by atoms with Gasteiger partial charge in [0.05, 0.1) is 7.11 Å². The minimum atomic E-state index is -0.0566. The molecule has 0 N–H and O–H groups in total. The molecule has 126 valence electrons. The third-order valence-corrected chi connectivity index (χ3v) is 3.95. The van der Waals surface area contributed by atoms with E-state index in [0.29, 0.717) is 37.5 Å². The number of amides is 2. The van der Waals surface area contributed by atoms with Crippen LogP contribution in [0.2, 0.25) is 0 Å². The van der Waals surface area contributed by atoms with Crippen molar-refractivity contribution in [2.24, 2.45) is 0 Å². The van der Waals surface area contributed by atoms with Crippen LogP contribution in [0.15, 0.2) is 30.6 Å². The van der Waals surface area contributed by atoms with Crippen LogP contribution >= 0.6 is 0 Å². The van der Waals surface area contributed by atoms with Crippen molar-refractivity contribution in [1.29, 1.82) is 0 Å². The molecule has 0 spiro atoms. The zero-order valence-corrected chi connectivity index (χ0v) is 13.3. The van der Waals surface area contributed by atoms with Crippen molar-refractivity contribution >= 4 is 11.8 Å². The van der Waals surface area contributed by atoms with E-state index < -0.39 is 0 Å². The third-order valence-electron chi connectivity index (χ3n) is 3.95. The van der Waals surface area contributed by atoms with Crippen molar-refractivity contribution in [3.05, 3.63) is 36.2 Å². The van der Waals surface area contributed by atoms with E-state index in [-0.39, 0.29) is 18.4 Å². The first-order chi connectivity index (χ1) is 11.7. The summed E-state index contributed by atoms with van der Waals surface area (Å²) < 4.78 is 6.48. The van der Waals surface area contributed by atoms with Gasteiger partial charge in [-0.2, -0.15) is 0 Å². The number of tetrazole rings is 1. The second-order valence-corrected chi connectivity index (χ2v) is 5.41. The van der Waals surface area contributed by atoms with E-state index in [0.717, 1.165) is 0 Å². The monoisotopic (exact) mass is 330 g/mol. The SMILES string of the molecule is COc1ccc(C(=O)N2CCN(C(=O)Cn3cnnn3)CC2)cc1. The standard InChI is InChI=1S/C15H18N6O3/c1-24-13-4-2-12(3-5-13)15(23)20-8-6-19(7-9-20)14(22)10-21-11-16-17-18-21/h2-5,11H,6-10H2,1H3. The van der Waals surface area contributed by atoms with Gasteiger partial charge in [0.2, 0.25) is 5.91 Å². The molecule has 0 aliphatic carbocycles. The molecule has 1 aliphatic heterocycles. The molecular weight excluding hydrogens is 312 g/mol. The quantitative estimate of drug-likeness (QED) is 0.762. The van der Waals surface area contributed by atoms with Gasteiger partial charge in [0.15, 0.2) is 0 Å². The molecule has 0 atom stereocenters. The second-order valence-electron chi connectivity index (χ2n) is 5.41. The average molecular weight is 330 g/mol. The zero-order valence-electron chi connectivity index (χ0n) is 13.3. The predicted octanol–water partition coefficient (Wildman–Crippen LogP) is -0.334. The number of carbonyl (C=O) groups excluding carboxylic acids is 2. The van der Waals surface area contributed by atoms with Crippen LogP contribution in [-0.4, -0.2) is 75.1 Å². The molecule has 9 nitrogen and oxygen atoms in total. The van der Waals surface area contributed by atoms with Gasteiger partial charge in [0.1, 0.15) is 18.6 Å². The molecular formula is C15H18N6O3. The first-order valence-corrected chi connectivity index (χ1v) is 7.59. The molecule has 0 unspecified atom stereocenters. The van der Waals surface area contributed by atoms with Crippen LogP contribution in [0.5, 0.6) is 5.75 Å². The van der Waals surface area contributed by atoms with E-state index in [1.54, 1.807) is 41.2 Å². The molecule has 0 bridgehead atoms. The number of methoxy groups -OCH3 is 1. The van der Waals surface area contributed by atoms with Crippen molar-refractivity contribution < 1.29 is 14.3 Å². The fourth-order valence-corrected chi connectivity index (χ4v) is 2.57. The number of hydrogen-bond acceptors (Lipinski definition) is 6. The lowest BCUT2D eigenvalue weighted by Gasteiger charge is -2.34. The number of benzene rings is 1. The molecule has 0 radical (unpaired) electrons. The Morgan fingerprint density at radius 1 is 1.08 bits per heavy atom. The van der Waals surface area contributed by atoms with E-state index in [4.69, 9.17) is 4.74 Å². The van der Waals surface area contributed by atoms with Crippen LogP contribution in [0.1, 0.15) is 10.4 Å². The lowest BCUT2D eigenvalue weighted by molar-refractivity contribution is -0.133. The lowest BCUT2D eigenvalue weighted by Crippen LogP contribution is -2.51. The molecule has 2 aromatic rings. The number of aromatic nitrogens is 4. The molecule has 1 saturated heterocycles. The van der Waals surface area contributed by atoms with Crippen molar-refractivity contribution in [2.45, 2.75) is 6.54 Å².